The van der Waals surface area contributed by atoms with Gasteiger partial charge < -0.3 is 5.32 Å². The molecule has 0 amide bonds. The van der Waals surface area contributed by atoms with E-state index in [1.807, 2.05) is 12.1 Å². The van der Waals surface area contributed by atoms with Crippen LogP contribution >= 0.6 is 35.1 Å². The maximum Gasteiger partial charge on any atom is 0.0406 e. The Morgan fingerprint density at radius 1 is 1.32 bits per heavy atom. The van der Waals surface area contributed by atoms with E-state index in [0.29, 0.717) is 6.04 Å². The van der Waals surface area contributed by atoms with Crippen LogP contribution in [0.2, 0.25) is 5.02 Å². The third-order valence-corrected chi connectivity index (χ3v) is 6.42. The van der Waals surface area contributed by atoms with Crippen molar-refractivity contribution in [1.29, 1.82) is 0 Å². The summed E-state index contributed by atoms with van der Waals surface area (Å²) >= 11 is 10.2. The van der Waals surface area contributed by atoms with E-state index in [0.717, 1.165) is 16.8 Å². The first-order chi connectivity index (χ1) is 9.29. The van der Waals surface area contributed by atoms with E-state index in [1.165, 1.54) is 35.7 Å². The van der Waals surface area contributed by atoms with E-state index in [2.05, 4.69) is 47.9 Å². The maximum absolute atomic E-state index is 5.97. The number of rotatable bonds is 6. The molecule has 4 heteroatoms. The van der Waals surface area contributed by atoms with Crippen molar-refractivity contribution < 1.29 is 0 Å². The van der Waals surface area contributed by atoms with E-state index < -0.39 is 0 Å². The van der Waals surface area contributed by atoms with E-state index in [1.54, 1.807) is 0 Å². The number of thioether (sulfide) groups is 2. The first kappa shape index (κ1) is 15.6. The van der Waals surface area contributed by atoms with Crippen molar-refractivity contribution in [2.75, 3.05) is 23.8 Å². The van der Waals surface area contributed by atoms with Crippen LogP contribution in [0.25, 0.3) is 0 Å². The molecule has 0 spiro atoms. The van der Waals surface area contributed by atoms with Crippen molar-refractivity contribution in [2.45, 2.75) is 31.1 Å². The van der Waals surface area contributed by atoms with E-state index >= 15 is 0 Å². The summed E-state index contributed by atoms with van der Waals surface area (Å²) in [4.78, 5) is 0. The highest BCUT2D eigenvalue weighted by molar-refractivity contribution is 8.06. The zero-order valence-electron chi connectivity index (χ0n) is 11.4. The molecule has 0 radical (unpaired) electrons. The third kappa shape index (κ3) is 5.22. The Kier molecular flexibility index (Phi) is 6.92. The molecule has 0 saturated carbocycles. The van der Waals surface area contributed by atoms with Crippen LogP contribution in [0, 0.1) is 0 Å². The summed E-state index contributed by atoms with van der Waals surface area (Å²) < 4.78 is 0. The number of hydrogen-bond donors (Lipinski definition) is 1. The maximum atomic E-state index is 5.97. The average Bonchev–Trinajstić information content (AvgIpc) is 2.46. The van der Waals surface area contributed by atoms with Gasteiger partial charge in [0.2, 0.25) is 0 Å². The Bertz CT molecular complexity index is 363. The average molecular weight is 316 g/mol. The summed E-state index contributed by atoms with van der Waals surface area (Å²) in [6, 6.07) is 8.75. The van der Waals surface area contributed by atoms with Gasteiger partial charge in [-0.15, -0.1) is 0 Å². The zero-order valence-corrected chi connectivity index (χ0v) is 13.8. The lowest BCUT2D eigenvalue weighted by atomic mass is 10.0. The Morgan fingerprint density at radius 3 is 2.74 bits per heavy atom. The normalized spacial score (nSPS) is 21.3. The van der Waals surface area contributed by atoms with Crippen LogP contribution in [-0.2, 0) is 0 Å². The molecular weight excluding hydrogens is 294 g/mol. The minimum atomic E-state index is 0.467. The fraction of sp³-hybridized carbons (Fsp3) is 0.600. The zero-order chi connectivity index (χ0) is 13.5. The van der Waals surface area contributed by atoms with Crippen molar-refractivity contribution in [3.63, 3.8) is 0 Å². The topological polar surface area (TPSA) is 12.0 Å². The molecule has 1 N–H and O–H groups in total. The van der Waals surface area contributed by atoms with Gasteiger partial charge in [0.15, 0.2) is 0 Å². The molecule has 0 aliphatic carbocycles. The van der Waals surface area contributed by atoms with Crippen LogP contribution < -0.4 is 5.32 Å². The van der Waals surface area contributed by atoms with Crippen molar-refractivity contribution in [3.8, 4) is 0 Å². The molecule has 2 atom stereocenters. The Morgan fingerprint density at radius 2 is 2.11 bits per heavy atom. The van der Waals surface area contributed by atoms with Gasteiger partial charge in [0.05, 0.1) is 0 Å². The molecule has 1 heterocycles. The molecule has 1 nitrogen and oxygen atoms in total. The number of benzene rings is 1. The minimum absolute atomic E-state index is 0.467. The fourth-order valence-electron chi connectivity index (χ4n) is 2.30. The Labute approximate surface area is 130 Å². The second-order valence-electron chi connectivity index (χ2n) is 4.87. The first-order valence-electron chi connectivity index (χ1n) is 6.97. The van der Waals surface area contributed by atoms with Gasteiger partial charge in [0, 0.05) is 40.1 Å². The number of hydrogen-bond acceptors (Lipinski definition) is 3. The van der Waals surface area contributed by atoms with Crippen molar-refractivity contribution in [2.24, 2.45) is 0 Å². The van der Waals surface area contributed by atoms with Gasteiger partial charge in [0.1, 0.15) is 0 Å². The number of halogens is 1. The van der Waals surface area contributed by atoms with Crippen molar-refractivity contribution in [1.82, 2.24) is 5.32 Å². The second kappa shape index (κ2) is 8.46. The number of nitrogens with one attached hydrogen (secondary N) is 1. The highest BCUT2D eigenvalue weighted by atomic mass is 35.5. The van der Waals surface area contributed by atoms with Gasteiger partial charge in [-0.1, -0.05) is 37.1 Å². The molecule has 106 valence electrons. The monoisotopic (exact) mass is 315 g/mol. The molecule has 19 heavy (non-hydrogen) atoms. The lowest BCUT2D eigenvalue weighted by Crippen LogP contribution is -2.32. The van der Waals surface area contributed by atoms with Crippen LogP contribution in [0.15, 0.2) is 24.3 Å². The molecule has 2 rings (SSSR count). The lowest BCUT2D eigenvalue weighted by molar-refractivity contribution is 0.498. The van der Waals surface area contributed by atoms with Crippen LogP contribution in [0.4, 0.5) is 0 Å². The van der Waals surface area contributed by atoms with Gasteiger partial charge in [-0.05, 0) is 24.1 Å². The van der Waals surface area contributed by atoms with Gasteiger partial charge in [-0.2, -0.15) is 23.5 Å². The standard InChI is InChI=1S/C15H22ClNS2/c1-2-3-15(12-4-6-13(16)7-5-12)17-10-14-11-18-8-9-19-14/h4-7,14-15,17H,2-3,8-11H2,1H3. The van der Waals surface area contributed by atoms with E-state index in [-0.39, 0.29) is 0 Å². The van der Waals surface area contributed by atoms with E-state index in [4.69, 9.17) is 11.6 Å². The Balaban J connectivity index is 1.89. The van der Waals surface area contributed by atoms with Crippen molar-refractivity contribution >= 4 is 35.1 Å². The summed E-state index contributed by atoms with van der Waals surface area (Å²) in [7, 11) is 0. The van der Waals surface area contributed by atoms with Crippen LogP contribution in [0.3, 0.4) is 0 Å². The molecule has 1 aliphatic rings. The lowest BCUT2D eigenvalue weighted by Gasteiger charge is -2.25. The summed E-state index contributed by atoms with van der Waals surface area (Å²) in [5, 5.41) is 5.34. The Hall–Kier alpha value is 0.170. The highest BCUT2D eigenvalue weighted by Gasteiger charge is 2.17. The first-order valence-corrected chi connectivity index (χ1v) is 9.56. The van der Waals surface area contributed by atoms with Crippen molar-refractivity contribution in [3.05, 3.63) is 34.9 Å². The predicted molar refractivity (Wildman–Crippen MR) is 90.7 cm³/mol. The quantitative estimate of drug-likeness (QED) is 0.822. The van der Waals surface area contributed by atoms with Gasteiger partial charge in [0.25, 0.3) is 0 Å². The van der Waals surface area contributed by atoms with Gasteiger partial charge >= 0.3 is 0 Å². The molecule has 1 aliphatic heterocycles. The molecule has 1 fully saturated rings. The molecule has 2 unspecified atom stereocenters. The SMILES string of the molecule is CCCC(NCC1CSCCS1)c1ccc(Cl)cc1. The summed E-state index contributed by atoms with van der Waals surface area (Å²) in [6.45, 7) is 3.36. The smallest absolute Gasteiger partial charge is 0.0406 e. The molecule has 0 aromatic heterocycles. The van der Waals surface area contributed by atoms with Crippen LogP contribution in [0.5, 0.6) is 0 Å². The largest absolute Gasteiger partial charge is 0.309 e. The second-order valence-corrected chi connectivity index (χ2v) is 7.86. The molecule has 1 saturated heterocycles. The third-order valence-electron chi connectivity index (χ3n) is 3.33. The molecular formula is C15H22ClNS2. The highest BCUT2D eigenvalue weighted by Crippen LogP contribution is 2.25. The summed E-state index contributed by atoms with van der Waals surface area (Å²) in [5.74, 6) is 3.91. The fourth-order valence-corrected chi connectivity index (χ4v) is 5.05. The summed E-state index contributed by atoms with van der Waals surface area (Å²) in [5.41, 5.74) is 1.36. The predicted octanol–water partition coefficient (Wildman–Crippen LogP) is 4.62. The van der Waals surface area contributed by atoms with Crippen LogP contribution in [-0.4, -0.2) is 29.1 Å². The molecule has 0 bridgehead atoms. The van der Waals surface area contributed by atoms with Gasteiger partial charge in [-0.3, -0.25) is 0 Å². The molecule has 1 aromatic carbocycles. The van der Waals surface area contributed by atoms with Crippen LogP contribution in [0.1, 0.15) is 31.4 Å². The van der Waals surface area contributed by atoms with E-state index in [9.17, 15) is 0 Å². The van der Waals surface area contributed by atoms with Gasteiger partial charge in [-0.25, -0.2) is 0 Å². The summed E-state index contributed by atoms with van der Waals surface area (Å²) in [6.07, 6.45) is 2.39. The minimum Gasteiger partial charge on any atom is -0.309 e. The molecule has 1 aromatic rings.